The van der Waals surface area contributed by atoms with Crippen molar-refractivity contribution >= 4 is 17.5 Å². The molecule has 0 aliphatic carbocycles. The van der Waals surface area contributed by atoms with Crippen molar-refractivity contribution in [2.45, 2.75) is 39.7 Å². The summed E-state index contributed by atoms with van der Waals surface area (Å²) in [5.74, 6) is 0.395. The van der Waals surface area contributed by atoms with Gasteiger partial charge in [-0.3, -0.25) is 9.89 Å². The number of hydrogen-bond acceptors (Lipinski definition) is 2. The number of nitrogens with one attached hydrogen (secondary N) is 1. The number of carbonyl (C=O) groups excluding carboxylic acids is 1. The van der Waals surface area contributed by atoms with Crippen LogP contribution in [0.15, 0.2) is 24.3 Å². The Morgan fingerprint density at radius 3 is 2.65 bits per heavy atom. The van der Waals surface area contributed by atoms with Gasteiger partial charge in [-0.15, -0.1) is 0 Å². The Labute approximate surface area is 141 Å². The Kier molecular flexibility index (Phi) is 4.71. The van der Waals surface area contributed by atoms with Crippen LogP contribution in [0.5, 0.6) is 0 Å². The van der Waals surface area contributed by atoms with Gasteiger partial charge in [0.15, 0.2) is 0 Å². The van der Waals surface area contributed by atoms with Crippen LogP contribution < -0.4 is 0 Å². The molecule has 3 rings (SSSR count). The smallest absolute Gasteiger partial charge is 0.225 e. The topological polar surface area (TPSA) is 49.0 Å². The highest BCUT2D eigenvalue weighted by Crippen LogP contribution is 2.30. The zero-order valence-electron chi connectivity index (χ0n) is 13.6. The summed E-state index contributed by atoms with van der Waals surface area (Å²) in [6, 6.07) is 7.68. The number of aromatic amines is 1. The van der Waals surface area contributed by atoms with E-state index < -0.39 is 0 Å². The largest absolute Gasteiger partial charge is 0.338 e. The van der Waals surface area contributed by atoms with Gasteiger partial charge in [-0.1, -0.05) is 37.6 Å². The number of halogens is 1. The predicted molar refractivity (Wildman–Crippen MR) is 92.2 cm³/mol. The standard InChI is InChI=1S/C18H22ClN3O/c1-3-12(4-2)18(23)22-10-9-16-15(11-22)17(21-20-16)13-5-7-14(19)8-6-13/h5-8,12H,3-4,9-11H2,1-2H3,(H,20,21). The van der Waals surface area contributed by atoms with E-state index in [0.717, 1.165) is 48.3 Å². The van der Waals surface area contributed by atoms with Crippen LogP contribution in [-0.4, -0.2) is 27.5 Å². The third-order valence-corrected chi connectivity index (χ3v) is 4.95. The number of amides is 1. The molecule has 0 spiro atoms. The second-order valence-electron chi connectivity index (χ2n) is 6.06. The molecule has 2 aromatic rings. The van der Waals surface area contributed by atoms with E-state index >= 15 is 0 Å². The van der Waals surface area contributed by atoms with Crippen LogP contribution in [0.4, 0.5) is 0 Å². The molecule has 1 aliphatic rings. The fraction of sp³-hybridized carbons (Fsp3) is 0.444. The molecule has 1 amide bonds. The molecular formula is C18H22ClN3O. The van der Waals surface area contributed by atoms with Gasteiger partial charge < -0.3 is 4.90 Å². The first-order valence-electron chi connectivity index (χ1n) is 8.24. The van der Waals surface area contributed by atoms with Gasteiger partial charge in [-0.2, -0.15) is 5.10 Å². The summed E-state index contributed by atoms with van der Waals surface area (Å²) in [5.41, 5.74) is 4.24. The summed E-state index contributed by atoms with van der Waals surface area (Å²) < 4.78 is 0. The lowest BCUT2D eigenvalue weighted by Gasteiger charge is -2.30. The van der Waals surface area contributed by atoms with Crippen molar-refractivity contribution in [2.75, 3.05) is 6.54 Å². The molecule has 0 unspecified atom stereocenters. The Hall–Kier alpha value is -1.81. The van der Waals surface area contributed by atoms with E-state index in [-0.39, 0.29) is 11.8 Å². The average Bonchev–Trinajstić information content (AvgIpc) is 2.99. The summed E-state index contributed by atoms with van der Waals surface area (Å²) in [5, 5.41) is 8.32. The lowest BCUT2D eigenvalue weighted by atomic mass is 9.97. The minimum absolute atomic E-state index is 0.127. The normalized spacial score (nSPS) is 14.2. The Morgan fingerprint density at radius 2 is 2.00 bits per heavy atom. The van der Waals surface area contributed by atoms with Crippen molar-refractivity contribution in [2.24, 2.45) is 5.92 Å². The van der Waals surface area contributed by atoms with Gasteiger partial charge in [0, 0.05) is 47.3 Å². The van der Waals surface area contributed by atoms with Gasteiger partial charge >= 0.3 is 0 Å². The van der Waals surface area contributed by atoms with E-state index in [4.69, 9.17) is 11.6 Å². The molecule has 0 fully saturated rings. The Morgan fingerprint density at radius 1 is 1.30 bits per heavy atom. The highest BCUT2D eigenvalue weighted by atomic mass is 35.5. The Bertz CT molecular complexity index is 689. The summed E-state index contributed by atoms with van der Waals surface area (Å²) >= 11 is 5.97. The molecule has 4 nitrogen and oxygen atoms in total. The summed E-state index contributed by atoms with van der Waals surface area (Å²) in [6.45, 7) is 5.57. The molecule has 5 heteroatoms. The van der Waals surface area contributed by atoms with E-state index in [1.807, 2.05) is 29.2 Å². The summed E-state index contributed by atoms with van der Waals surface area (Å²) in [6.07, 6.45) is 2.63. The van der Waals surface area contributed by atoms with Crippen LogP contribution in [-0.2, 0) is 17.8 Å². The number of nitrogens with zero attached hydrogens (tertiary/aromatic N) is 2. The predicted octanol–water partition coefficient (Wildman–Crippen LogP) is 4.05. The lowest BCUT2D eigenvalue weighted by Crippen LogP contribution is -2.39. The summed E-state index contributed by atoms with van der Waals surface area (Å²) in [4.78, 5) is 14.6. The average molecular weight is 332 g/mol. The fourth-order valence-corrected chi connectivity index (χ4v) is 3.35. The lowest BCUT2D eigenvalue weighted by molar-refractivity contribution is -0.136. The molecule has 0 saturated heterocycles. The molecule has 1 N–H and O–H groups in total. The quantitative estimate of drug-likeness (QED) is 0.918. The Balaban J connectivity index is 1.87. The van der Waals surface area contributed by atoms with Gasteiger partial charge in [-0.25, -0.2) is 0 Å². The summed E-state index contributed by atoms with van der Waals surface area (Å²) in [7, 11) is 0. The maximum Gasteiger partial charge on any atom is 0.225 e. The fourth-order valence-electron chi connectivity index (χ4n) is 3.23. The zero-order valence-corrected chi connectivity index (χ0v) is 14.4. The monoisotopic (exact) mass is 331 g/mol. The first kappa shape index (κ1) is 16.1. The van der Waals surface area contributed by atoms with Crippen LogP contribution in [0.2, 0.25) is 5.02 Å². The minimum atomic E-state index is 0.127. The van der Waals surface area contributed by atoms with E-state index in [1.165, 1.54) is 0 Å². The number of fused-ring (bicyclic) bond motifs is 1. The molecule has 1 aromatic heterocycles. The van der Waals surface area contributed by atoms with E-state index in [1.54, 1.807) is 0 Å². The molecule has 0 saturated carbocycles. The highest BCUT2D eigenvalue weighted by Gasteiger charge is 2.28. The number of rotatable bonds is 4. The number of H-pyrrole nitrogens is 1. The maximum atomic E-state index is 12.7. The van der Waals surface area contributed by atoms with Crippen LogP contribution in [0.25, 0.3) is 11.3 Å². The molecule has 23 heavy (non-hydrogen) atoms. The molecular weight excluding hydrogens is 310 g/mol. The van der Waals surface area contributed by atoms with Gasteiger partial charge in [0.1, 0.15) is 0 Å². The van der Waals surface area contributed by atoms with Crippen molar-refractivity contribution in [3.8, 4) is 11.3 Å². The van der Waals surface area contributed by atoms with Crippen molar-refractivity contribution in [3.05, 3.63) is 40.5 Å². The van der Waals surface area contributed by atoms with Crippen LogP contribution in [0.1, 0.15) is 37.9 Å². The second-order valence-corrected chi connectivity index (χ2v) is 6.50. The number of benzene rings is 1. The van der Waals surface area contributed by atoms with Crippen molar-refractivity contribution in [3.63, 3.8) is 0 Å². The van der Waals surface area contributed by atoms with Gasteiger partial charge in [-0.05, 0) is 25.0 Å². The van der Waals surface area contributed by atoms with Crippen LogP contribution in [0, 0.1) is 5.92 Å². The number of aromatic nitrogens is 2. The molecule has 0 atom stereocenters. The van der Waals surface area contributed by atoms with E-state index in [9.17, 15) is 4.79 Å². The van der Waals surface area contributed by atoms with Crippen molar-refractivity contribution < 1.29 is 4.79 Å². The van der Waals surface area contributed by atoms with Gasteiger partial charge in [0.2, 0.25) is 5.91 Å². The molecule has 0 radical (unpaired) electrons. The maximum absolute atomic E-state index is 12.7. The number of carbonyl (C=O) groups is 1. The van der Waals surface area contributed by atoms with Gasteiger partial charge in [0.25, 0.3) is 0 Å². The molecule has 0 bridgehead atoms. The highest BCUT2D eigenvalue weighted by molar-refractivity contribution is 6.30. The second kappa shape index (κ2) is 6.75. The number of hydrogen-bond donors (Lipinski definition) is 1. The first-order valence-corrected chi connectivity index (χ1v) is 8.62. The van der Waals surface area contributed by atoms with E-state index in [0.29, 0.717) is 11.6 Å². The minimum Gasteiger partial charge on any atom is -0.338 e. The third kappa shape index (κ3) is 3.13. The SMILES string of the molecule is CCC(CC)C(=O)N1CCc2[nH]nc(-c3ccc(Cl)cc3)c2C1. The molecule has 1 aromatic carbocycles. The van der Waals surface area contributed by atoms with Crippen LogP contribution in [0.3, 0.4) is 0 Å². The molecule has 1 aliphatic heterocycles. The van der Waals surface area contributed by atoms with Crippen LogP contribution >= 0.6 is 11.6 Å². The zero-order chi connectivity index (χ0) is 16.4. The van der Waals surface area contributed by atoms with E-state index in [2.05, 4.69) is 24.0 Å². The third-order valence-electron chi connectivity index (χ3n) is 4.70. The van der Waals surface area contributed by atoms with Gasteiger partial charge in [0.05, 0.1) is 5.69 Å². The van der Waals surface area contributed by atoms with Crippen molar-refractivity contribution in [1.29, 1.82) is 0 Å². The van der Waals surface area contributed by atoms with Crippen molar-refractivity contribution in [1.82, 2.24) is 15.1 Å². The first-order chi connectivity index (χ1) is 11.1. The molecule has 2 heterocycles. The molecule has 122 valence electrons.